The van der Waals surface area contributed by atoms with Crippen molar-refractivity contribution in [3.05, 3.63) is 89.5 Å². The molecule has 0 amide bonds. The molecule has 1 N–H and O–H groups in total. The number of phenolic OH excluding ortho intramolecular Hbond substituents is 1. The van der Waals surface area contributed by atoms with Crippen molar-refractivity contribution in [2.45, 2.75) is 18.5 Å². The normalized spacial score (nSPS) is 10.4. The molecule has 0 atom stereocenters. The van der Waals surface area contributed by atoms with Crippen molar-refractivity contribution in [1.29, 1.82) is 0 Å². The van der Waals surface area contributed by atoms with Crippen molar-refractivity contribution in [2.24, 2.45) is 0 Å². The van der Waals surface area contributed by atoms with E-state index in [9.17, 15) is 5.11 Å². The van der Waals surface area contributed by atoms with Crippen LogP contribution < -0.4 is 9.47 Å². The van der Waals surface area contributed by atoms with Crippen molar-refractivity contribution in [2.75, 3.05) is 0 Å². The maximum atomic E-state index is 10.4. The quantitative estimate of drug-likeness (QED) is 0.538. The molecule has 0 fully saturated rings. The fourth-order valence-electron chi connectivity index (χ4n) is 2.41. The van der Waals surface area contributed by atoms with Crippen LogP contribution in [-0.2, 0) is 18.5 Å². The maximum Gasteiger partial charge on any atom is 0.165 e. The topological polar surface area (TPSA) is 38.7 Å². The number of hydrogen-bond acceptors (Lipinski definition) is 3. The molecule has 0 spiro atoms. The Morgan fingerprint density at radius 2 is 1.32 bits per heavy atom. The van der Waals surface area contributed by atoms with Gasteiger partial charge < -0.3 is 14.6 Å². The van der Waals surface area contributed by atoms with Crippen molar-refractivity contribution in [3.63, 3.8) is 0 Å². The predicted octanol–water partition coefficient (Wildman–Crippen LogP) is 5.45. The number of halogens is 1. The highest BCUT2D eigenvalue weighted by Crippen LogP contribution is 2.36. The first-order valence-corrected chi connectivity index (χ1v) is 9.13. The average molecular weight is 399 g/mol. The van der Waals surface area contributed by atoms with Crippen LogP contribution in [0.2, 0.25) is 0 Å². The zero-order valence-corrected chi connectivity index (χ0v) is 15.3. The lowest BCUT2D eigenvalue weighted by atomic mass is 10.2. The van der Waals surface area contributed by atoms with Crippen molar-refractivity contribution < 1.29 is 14.6 Å². The molecule has 3 nitrogen and oxygen atoms in total. The highest BCUT2D eigenvalue weighted by atomic mass is 79.9. The summed E-state index contributed by atoms with van der Waals surface area (Å²) in [6.07, 6.45) is 0. The van der Waals surface area contributed by atoms with Gasteiger partial charge in [-0.2, -0.15) is 0 Å². The Kier molecular flexibility index (Phi) is 5.96. The number of aromatic hydroxyl groups is 1. The molecular weight excluding hydrogens is 380 g/mol. The van der Waals surface area contributed by atoms with E-state index in [1.165, 1.54) is 0 Å². The second kappa shape index (κ2) is 8.58. The molecule has 4 heteroatoms. The van der Waals surface area contributed by atoms with Gasteiger partial charge in [0.1, 0.15) is 19.0 Å². The van der Waals surface area contributed by atoms with Crippen LogP contribution in [0.25, 0.3) is 0 Å². The molecule has 3 rings (SSSR count). The summed E-state index contributed by atoms with van der Waals surface area (Å²) < 4.78 is 11.7. The van der Waals surface area contributed by atoms with E-state index in [1.54, 1.807) is 6.07 Å². The molecule has 0 aliphatic carbocycles. The van der Waals surface area contributed by atoms with E-state index in [-0.39, 0.29) is 5.75 Å². The van der Waals surface area contributed by atoms with Gasteiger partial charge in [0.25, 0.3) is 0 Å². The minimum atomic E-state index is 0.139. The molecule has 128 valence electrons. The lowest BCUT2D eigenvalue weighted by Gasteiger charge is -2.14. The standard InChI is InChI=1S/C21H19BrO3/c22-13-18-11-19(24-14-16-7-3-1-4-8-16)12-20(21(18)23)25-15-17-9-5-2-6-10-17/h1-12,23H,13-15H2. The van der Waals surface area contributed by atoms with Gasteiger partial charge in [0, 0.05) is 17.0 Å². The number of alkyl halides is 1. The number of phenols is 1. The first-order chi connectivity index (χ1) is 12.3. The van der Waals surface area contributed by atoms with Crippen LogP contribution in [0, 0.1) is 0 Å². The second-order valence-electron chi connectivity index (χ2n) is 5.61. The zero-order valence-electron chi connectivity index (χ0n) is 13.7. The molecule has 0 unspecified atom stereocenters. The van der Waals surface area contributed by atoms with E-state index >= 15 is 0 Å². The Hall–Kier alpha value is -2.46. The zero-order chi connectivity index (χ0) is 17.5. The molecule has 3 aromatic rings. The fourth-order valence-corrected chi connectivity index (χ4v) is 2.84. The van der Waals surface area contributed by atoms with Crippen LogP contribution in [0.15, 0.2) is 72.8 Å². The van der Waals surface area contributed by atoms with Crippen LogP contribution in [0.1, 0.15) is 16.7 Å². The van der Waals surface area contributed by atoms with E-state index in [0.29, 0.717) is 30.0 Å². The largest absolute Gasteiger partial charge is 0.504 e. The molecule has 0 bridgehead atoms. The molecule has 0 saturated carbocycles. The Labute approximate surface area is 156 Å². The summed E-state index contributed by atoms with van der Waals surface area (Å²) in [5, 5.41) is 10.9. The highest BCUT2D eigenvalue weighted by molar-refractivity contribution is 9.08. The van der Waals surface area contributed by atoms with Gasteiger partial charge in [-0.3, -0.25) is 0 Å². The molecule has 0 heterocycles. The van der Waals surface area contributed by atoms with Crippen LogP contribution in [0.5, 0.6) is 17.2 Å². The van der Waals surface area contributed by atoms with Gasteiger partial charge in [0.2, 0.25) is 0 Å². The van der Waals surface area contributed by atoms with Gasteiger partial charge in [-0.05, 0) is 17.2 Å². The van der Waals surface area contributed by atoms with Gasteiger partial charge >= 0.3 is 0 Å². The third-order valence-electron chi connectivity index (χ3n) is 3.76. The Bertz CT molecular complexity index is 804. The first-order valence-electron chi connectivity index (χ1n) is 8.01. The SMILES string of the molecule is Oc1c(CBr)cc(OCc2ccccc2)cc1OCc1ccccc1. The summed E-state index contributed by atoms with van der Waals surface area (Å²) in [6, 6.07) is 23.4. The average Bonchev–Trinajstić information content (AvgIpc) is 2.67. The van der Waals surface area contributed by atoms with Crippen molar-refractivity contribution in [1.82, 2.24) is 0 Å². The summed E-state index contributed by atoms with van der Waals surface area (Å²) in [5.74, 6) is 1.22. The molecule has 0 aliphatic rings. The predicted molar refractivity (Wildman–Crippen MR) is 102 cm³/mol. The molecule has 0 aromatic heterocycles. The van der Waals surface area contributed by atoms with E-state index in [0.717, 1.165) is 16.7 Å². The highest BCUT2D eigenvalue weighted by Gasteiger charge is 2.12. The molecule has 0 radical (unpaired) electrons. The van der Waals surface area contributed by atoms with E-state index < -0.39 is 0 Å². The molecule has 0 saturated heterocycles. The summed E-state index contributed by atoms with van der Waals surface area (Å²) in [5.41, 5.74) is 2.86. The second-order valence-corrected chi connectivity index (χ2v) is 6.17. The summed E-state index contributed by atoms with van der Waals surface area (Å²) in [7, 11) is 0. The van der Waals surface area contributed by atoms with Gasteiger partial charge in [-0.25, -0.2) is 0 Å². The van der Waals surface area contributed by atoms with Crippen LogP contribution in [0.4, 0.5) is 0 Å². The maximum absolute atomic E-state index is 10.4. The molecular formula is C21H19BrO3. The summed E-state index contributed by atoms with van der Waals surface area (Å²) in [4.78, 5) is 0. The van der Waals surface area contributed by atoms with E-state index in [4.69, 9.17) is 9.47 Å². The summed E-state index contributed by atoms with van der Waals surface area (Å²) >= 11 is 3.40. The monoisotopic (exact) mass is 398 g/mol. The van der Waals surface area contributed by atoms with Crippen LogP contribution >= 0.6 is 15.9 Å². The Morgan fingerprint density at radius 1 is 0.760 bits per heavy atom. The third-order valence-corrected chi connectivity index (χ3v) is 4.36. The van der Waals surface area contributed by atoms with E-state index in [1.807, 2.05) is 66.7 Å². The van der Waals surface area contributed by atoms with Crippen LogP contribution in [0.3, 0.4) is 0 Å². The van der Waals surface area contributed by atoms with Crippen LogP contribution in [-0.4, -0.2) is 5.11 Å². The lowest BCUT2D eigenvalue weighted by Crippen LogP contribution is -1.99. The smallest absolute Gasteiger partial charge is 0.165 e. The van der Waals surface area contributed by atoms with Gasteiger partial charge in [0.15, 0.2) is 11.5 Å². The number of benzene rings is 3. The number of ether oxygens (including phenoxy) is 2. The van der Waals surface area contributed by atoms with Crippen molar-refractivity contribution >= 4 is 15.9 Å². The minimum Gasteiger partial charge on any atom is -0.504 e. The molecule has 25 heavy (non-hydrogen) atoms. The van der Waals surface area contributed by atoms with Gasteiger partial charge in [0.05, 0.1) is 0 Å². The van der Waals surface area contributed by atoms with Gasteiger partial charge in [-0.1, -0.05) is 76.6 Å². The number of rotatable bonds is 7. The number of hydrogen-bond donors (Lipinski definition) is 1. The molecule has 0 aliphatic heterocycles. The Balaban J connectivity index is 1.75. The van der Waals surface area contributed by atoms with Crippen molar-refractivity contribution in [3.8, 4) is 17.2 Å². The summed E-state index contributed by atoms with van der Waals surface area (Å²) in [6.45, 7) is 0.851. The Morgan fingerprint density at radius 3 is 1.88 bits per heavy atom. The van der Waals surface area contributed by atoms with E-state index in [2.05, 4.69) is 15.9 Å². The molecule has 3 aromatic carbocycles. The third kappa shape index (κ3) is 4.77. The minimum absolute atomic E-state index is 0.139. The van der Waals surface area contributed by atoms with Gasteiger partial charge in [-0.15, -0.1) is 0 Å². The lowest BCUT2D eigenvalue weighted by molar-refractivity contribution is 0.277. The fraction of sp³-hybridized carbons (Fsp3) is 0.143. The first kappa shape index (κ1) is 17.4.